The zero-order valence-electron chi connectivity index (χ0n) is 16.0. The summed E-state index contributed by atoms with van der Waals surface area (Å²) in [7, 11) is 0. The van der Waals surface area contributed by atoms with Crippen molar-refractivity contribution in [2.75, 3.05) is 13.1 Å². The van der Waals surface area contributed by atoms with E-state index in [2.05, 4.69) is 22.2 Å². The van der Waals surface area contributed by atoms with Crippen molar-refractivity contribution in [2.45, 2.75) is 45.1 Å². The van der Waals surface area contributed by atoms with Crippen LogP contribution in [0.1, 0.15) is 54.8 Å². The highest BCUT2D eigenvalue weighted by molar-refractivity contribution is 5.92. The highest BCUT2D eigenvalue weighted by Gasteiger charge is 2.29. The van der Waals surface area contributed by atoms with Crippen LogP contribution >= 0.6 is 0 Å². The Bertz CT molecular complexity index is 1040. The van der Waals surface area contributed by atoms with Crippen molar-refractivity contribution < 1.29 is 4.79 Å². The Morgan fingerprint density at radius 2 is 2.11 bits per heavy atom. The van der Waals surface area contributed by atoms with Gasteiger partial charge in [0.05, 0.1) is 0 Å². The van der Waals surface area contributed by atoms with Crippen LogP contribution in [0, 0.1) is 0 Å². The van der Waals surface area contributed by atoms with Gasteiger partial charge in [0.1, 0.15) is 11.5 Å². The topological polar surface area (TPSA) is 85.4 Å². The number of carbonyl (C=O) groups excluding carboxylic acids is 1. The van der Waals surface area contributed by atoms with Gasteiger partial charge >= 0.3 is 0 Å². The first kappa shape index (κ1) is 18.3. The summed E-state index contributed by atoms with van der Waals surface area (Å²) in [5.74, 6) is 0.874. The van der Waals surface area contributed by atoms with Crippen LogP contribution in [0.25, 0.3) is 5.65 Å². The number of aromatic nitrogens is 5. The van der Waals surface area contributed by atoms with Crippen molar-refractivity contribution in [1.82, 2.24) is 29.3 Å². The maximum atomic E-state index is 13.0. The molecule has 4 heterocycles. The molecule has 0 bridgehead atoms. The Morgan fingerprint density at radius 1 is 1.21 bits per heavy atom. The van der Waals surface area contributed by atoms with Gasteiger partial charge in [-0.3, -0.25) is 14.0 Å². The Morgan fingerprint density at radius 3 is 2.96 bits per heavy atom. The van der Waals surface area contributed by atoms with Gasteiger partial charge in [0.2, 0.25) is 0 Å². The number of aryl methyl sites for hydroxylation is 1. The van der Waals surface area contributed by atoms with Crippen molar-refractivity contribution in [3.63, 3.8) is 0 Å². The van der Waals surface area contributed by atoms with Gasteiger partial charge in [0, 0.05) is 37.8 Å². The van der Waals surface area contributed by atoms with Crippen LogP contribution in [0.15, 0.2) is 41.3 Å². The van der Waals surface area contributed by atoms with Crippen LogP contribution in [-0.2, 0) is 6.54 Å². The van der Waals surface area contributed by atoms with E-state index >= 15 is 0 Å². The maximum Gasteiger partial charge on any atom is 0.274 e. The number of hydrogen-bond acceptors (Lipinski definition) is 5. The molecule has 1 atom stereocenters. The summed E-state index contributed by atoms with van der Waals surface area (Å²) in [6.07, 6.45) is 5.63. The van der Waals surface area contributed by atoms with Crippen molar-refractivity contribution in [2.24, 2.45) is 0 Å². The maximum absolute atomic E-state index is 13.0. The number of amides is 1. The van der Waals surface area contributed by atoms with Gasteiger partial charge in [-0.15, -0.1) is 10.2 Å². The zero-order chi connectivity index (χ0) is 19.5. The molecule has 1 saturated heterocycles. The van der Waals surface area contributed by atoms with E-state index in [1.165, 1.54) is 16.8 Å². The normalized spacial score (nSPS) is 17.2. The van der Waals surface area contributed by atoms with Gasteiger partial charge in [0.15, 0.2) is 5.65 Å². The van der Waals surface area contributed by atoms with E-state index in [-0.39, 0.29) is 17.4 Å². The van der Waals surface area contributed by atoms with E-state index in [0.29, 0.717) is 25.3 Å². The SMILES string of the molecule is CCCCn1nc(C(=O)N2CCCC(c3nnc4ccccn34)C2)ccc1=O. The molecule has 3 aromatic heterocycles. The fourth-order valence-corrected chi connectivity index (χ4v) is 3.70. The molecule has 8 heteroatoms. The lowest BCUT2D eigenvalue weighted by Crippen LogP contribution is -2.40. The summed E-state index contributed by atoms with van der Waals surface area (Å²) in [4.78, 5) is 26.8. The van der Waals surface area contributed by atoms with Crippen molar-refractivity contribution in [3.8, 4) is 0 Å². The molecule has 1 aliphatic heterocycles. The first-order chi connectivity index (χ1) is 13.7. The lowest BCUT2D eigenvalue weighted by Gasteiger charge is -2.31. The number of nitrogens with zero attached hydrogens (tertiary/aromatic N) is 6. The number of pyridine rings is 1. The number of unbranched alkanes of at least 4 members (excludes halogenated alkanes) is 1. The van der Waals surface area contributed by atoms with E-state index in [1.807, 2.05) is 33.7 Å². The molecule has 28 heavy (non-hydrogen) atoms. The first-order valence-electron chi connectivity index (χ1n) is 9.84. The summed E-state index contributed by atoms with van der Waals surface area (Å²) in [5.41, 5.74) is 0.963. The lowest BCUT2D eigenvalue weighted by molar-refractivity contribution is 0.0695. The third-order valence-corrected chi connectivity index (χ3v) is 5.22. The molecular formula is C20H24N6O2. The lowest BCUT2D eigenvalue weighted by atomic mass is 9.97. The average Bonchev–Trinajstić information content (AvgIpc) is 3.17. The van der Waals surface area contributed by atoms with Crippen LogP contribution in [0.5, 0.6) is 0 Å². The molecule has 0 aromatic carbocycles. The van der Waals surface area contributed by atoms with E-state index in [4.69, 9.17) is 0 Å². The third kappa shape index (κ3) is 3.54. The minimum Gasteiger partial charge on any atom is -0.337 e. The van der Waals surface area contributed by atoms with Gasteiger partial charge in [-0.1, -0.05) is 19.4 Å². The molecule has 0 radical (unpaired) electrons. The fourth-order valence-electron chi connectivity index (χ4n) is 3.70. The molecule has 1 fully saturated rings. The third-order valence-electron chi connectivity index (χ3n) is 5.22. The van der Waals surface area contributed by atoms with Gasteiger partial charge in [-0.05, 0) is 37.5 Å². The van der Waals surface area contributed by atoms with E-state index in [9.17, 15) is 9.59 Å². The second-order valence-electron chi connectivity index (χ2n) is 7.21. The molecule has 0 N–H and O–H groups in total. The molecule has 0 spiro atoms. The molecule has 8 nitrogen and oxygen atoms in total. The monoisotopic (exact) mass is 380 g/mol. The minimum absolute atomic E-state index is 0.126. The largest absolute Gasteiger partial charge is 0.337 e. The molecule has 0 saturated carbocycles. The van der Waals surface area contributed by atoms with Crippen molar-refractivity contribution in [3.05, 3.63) is 58.4 Å². The highest BCUT2D eigenvalue weighted by atomic mass is 16.2. The van der Waals surface area contributed by atoms with Gasteiger partial charge in [-0.25, -0.2) is 4.68 Å². The number of carbonyl (C=O) groups is 1. The summed E-state index contributed by atoms with van der Waals surface area (Å²) in [6, 6.07) is 8.77. The van der Waals surface area contributed by atoms with Gasteiger partial charge in [-0.2, -0.15) is 5.10 Å². The van der Waals surface area contributed by atoms with Crippen LogP contribution < -0.4 is 5.56 Å². The smallest absolute Gasteiger partial charge is 0.274 e. The second kappa shape index (κ2) is 7.92. The number of rotatable bonds is 5. The summed E-state index contributed by atoms with van der Waals surface area (Å²) >= 11 is 0. The zero-order valence-corrected chi connectivity index (χ0v) is 16.0. The summed E-state index contributed by atoms with van der Waals surface area (Å²) in [5, 5.41) is 12.9. The highest BCUT2D eigenvalue weighted by Crippen LogP contribution is 2.26. The number of hydrogen-bond donors (Lipinski definition) is 0. The summed E-state index contributed by atoms with van der Waals surface area (Å²) < 4.78 is 3.38. The summed E-state index contributed by atoms with van der Waals surface area (Å²) in [6.45, 7) is 3.85. The van der Waals surface area contributed by atoms with Crippen LogP contribution in [-0.4, -0.2) is 48.3 Å². The van der Waals surface area contributed by atoms with E-state index in [1.54, 1.807) is 0 Å². The van der Waals surface area contributed by atoms with Crippen LogP contribution in [0.2, 0.25) is 0 Å². The van der Waals surface area contributed by atoms with E-state index < -0.39 is 0 Å². The number of fused-ring (bicyclic) bond motifs is 1. The Labute approximate surface area is 162 Å². The van der Waals surface area contributed by atoms with Gasteiger partial charge in [0.25, 0.3) is 11.5 Å². The molecule has 1 aliphatic rings. The molecule has 4 rings (SSSR count). The molecule has 0 aliphatic carbocycles. The fraction of sp³-hybridized carbons (Fsp3) is 0.450. The number of piperidine rings is 1. The molecule has 146 valence electrons. The Kier molecular flexibility index (Phi) is 5.18. The first-order valence-corrected chi connectivity index (χ1v) is 9.84. The molecule has 1 amide bonds. The number of likely N-dealkylation sites (tertiary alicyclic amines) is 1. The average molecular weight is 380 g/mol. The van der Waals surface area contributed by atoms with Crippen LogP contribution in [0.4, 0.5) is 0 Å². The minimum atomic E-state index is -0.170. The predicted octanol–water partition coefficient (Wildman–Crippen LogP) is 2.11. The Balaban J connectivity index is 1.54. The predicted molar refractivity (Wildman–Crippen MR) is 104 cm³/mol. The standard InChI is InChI=1S/C20H24N6O2/c1-2-3-13-26-18(27)10-9-16(23-26)20(28)24-11-6-7-15(14-24)19-22-21-17-8-4-5-12-25(17)19/h4-5,8-10,12,15H,2-3,6-7,11,13-14H2,1H3. The van der Waals surface area contributed by atoms with Crippen molar-refractivity contribution >= 4 is 11.6 Å². The molecular weight excluding hydrogens is 356 g/mol. The molecule has 1 unspecified atom stereocenters. The quantitative estimate of drug-likeness (QED) is 0.677. The van der Waals surface area contributed by atoms with Gasteiger partial charge < -0.3 is 4.90 Å². The second-order valence-corrected chi connectivity index (χ2v) is 7.21. The van der Waals surface area contributed by atoms with Crippen molar-refractivity contribution in [1.29, 1.82) is 0 Å². The molecule has 3 aromatic rings. The van der Waals surface area contributed by atoms with Crippen LogP contribution in [0.3, 0.4) is 0 Å². The van der Waals surface area contributed by atoms with E-state index in [0.717, 1.165) is 37.2 Å². The Hall–Kier alpha value is -3.03.